The van der Waals surface area contributed by atoms with E-state index in [1.807, 2.05) is 42.1 Å². The number of hydrogen-bond donors (Lipinski definition) is 0. The van der Waals surface area contributed by atoms with Crippen LogP contribution in [-0.4, -0.2) is 32.3 Å². The quantitative estimate of drug-likeness (QED) is 0.732. The SMILES string of the molecule is CCN(c1nc(C)nc2c1cnn2-c1cccc(Cl)c1)C1CC1. The van der Waals surface area contributed by atoms with Crippen LogP contribution in [0.25, 0.3) is 16.7 Å². The van der Waals surface area contributed by atoms with Gasteiger partial charge < -0.3 is 4.90 Å². The van der Waals surface area contributed by atoms with E-state index >= 15 is 0 Å². The molecule has 0 saturated heterocycles. The predicted octanol–water partition coefficient (Wildman–Crippen LogP) is 3.77. The molecule has 0 aliphatic heterocycles. The predicted molar refractivity (Wildman–Crippen MR) is 92.4 cm³/mol. The summed E-state index contributed by atoms with van der Waals surface area (Å²) >= 11 is 6.12. The summed E-state index contributed by atoms with van der Waals surface area (Å²) in [5.41, 5.74) is 1.74. The Kier molecular flexibility index (Phi) is 3.45. The molecule has 0 spiro atoms. The van der Waals surface area contributed by atoms with Crippen molar-refractivity contribution in [1.82, 2.24) is 19.7 Å². The monoisotopic (exact) mass is 327 g/mol. The minimum atomic E-state index is 0.604. The summed E-state index contributed by atoms with van der Waals surface area (Å²) in [6.07, 6.45) is 4.33. The molecule has 118 valence electrons. The molecule has 0 unspecified atom stereocenters. The fourth-order valence-corrected chi connectivity index (χ4v) is 3.17. The Hall–Kier alpha value is -2.14. The van der Waals surface area contributed by atoms with E-state index in [0.29, 0.717) is 11.1 Å². The highest BCUT2D eigenvalue weighted by atomic mass is 35.5. The van der Waals surface area contributed by atoms with Crippen LogP contribution in [0.3, 0.4) is 0 Å². The van der Waals surface area contributed by atoms with Gasteiger partial charge in [-0.05, 0) is 44.9 Å². The third-order valence-corrected chi connectivity index (χ3v) is 4.41. The smallest absolute Gasteiger partial charge is 0.168 e. The molecule has 5 nitrogen and oxygen atoms in total. The molecule has 0 bridgehead atoms. The zero-order valence-corrected chi connectivity index (χ0v) is 14.0. The summed E-state index contributed by atoms with van der Waals surface area (Å²) < 4.78 is 1.83. The van der Waals surface area contributed by atoms with Crippen LogP contribution < -0.4 is 4.90 Å². The Balaban J connectivity index is 1.91. The van der Waals surface area contributed by atoms with Crippen molar-refractivity contribution < 1.29 is 0 Å². The summed E-state index contributed by atoms with van der Waals surface area (Å²) in [7, 11) is 0. The second-order valence-electron chi connectivity index (χ2n) is 5.89. The minimum Gasteiger partial charge on any atom is -0.353 e. The highest BCUT2D eigenvalue weighted by Gasteiger charge is 2.30. The van der Waals surface area contributed by atoms with Crippen molar-refractivity contribution in [3.05, 3.63) is 41.3 Å². The van der Waals surface area contributed by atoms with Crippen LogP contribution in [0.4, 0.5) is 5.82 Å². The third kappa shape index (κ3) is 2.55. The number of benzene rings is 1. The molecule has 23 heavy (non-hydrogen) atoms. The number of halogens is 1. The number of anilines is 1. The van der Waals surface area contributed by atoms with E-state index in [0.717, 1.165) is 34.9 Å². The Morgan fingerprint density at radius 2 is 2.13 bits per heavy atom. The van der Waals surface area contributed by atoms with E-state index in [1.165, 1.54) is 12.8 Å². The molecular weight excluding hydrogens is 310 g/mol. The summed E-state index contributed by atoms with van der Waals surface area (Å²) in [5.74, 6) is 1.75. The number of aryl methyl sites for hydroxylation is 1. The van der Waals surface area contributed by atoms with E-state index in [-0.39, 0.29) is 0 Å². The maximum absolute atomic E-state index is 6.12. The first-order chi connectivity index (χ1) is 11.2. The van der Waals surface area contributed by atoms with Crippen LogP contribution in [-0.2, 0) is 0 Å². The molecule has 2 heterocycles. The lowest BCUT2D eigenvalue weighted by atomic mass is 10.3. The molecule has 1 aliphatic rings. The van der Waals surface area contributed by atoms with Gasteiger partial charge in [0.25, 0.3) is 0 Å². The van der Waals surface area contributed by atoms with Crippen LogP contribution in [0, 0.1) is 6.92 Å². The zero-order valence-electron chi connectivity index (χ0n) is 13.2. The number of nitrogens with zero attached hydrogens (tertiary/aromatic N) is 5. The van der Waals surface area contributed by atoms with Crippen molar-refractivity contribution >= 4 is 28.5 Å². The van der Waals surface area contributed by atoms with Gasteiger partial charge in [0, 0.05) is 17.6 Å². The Morgan fingerprint density at radius 1 is 1.30 bits per heavy atom. The Morgan fingerprint density at radius 3 is 2.83 bits per heavy atom. The van der Waals surface area contributed by atoms with Crippen LogP contribution in [0.15, 0.2) is 30.5 Å². The second-order valence-corrected chi connectivity index (χ2v) is 6.32. The van der Waals surface area contributed by atoms with Crippen LogP contribution in [0.5, 0.6) is 0 Å². The average molecular weight is 328 g/mol. The molecule has 1 fully saturated rings. The van der Waals surface area contributed by atoms with Gasteiger partial charge >= 0.3 is 0 Å². The molecule has 0 N–H and O–H groups in total. The maximum Gasteiger partial charge on any atom is 0.168 e. The molecule has 2 aromatic heterocycles. The topological polar surface area (TPSA) is 46.8 Å². The fraction of sp³-hybridized carbons (Fsp3) is 0.353. The molecule has 6 heteroatoms. The normalized spacial score (nSPS) is 14.4. The fourth-order valence-electron chi connectivity index (χ4n) is 2.98. The highest BCUT2D eigenvalue weighted by molar-refractivity contribution is 6.30. The molecule has 0 amide bonds. The van der Waals surface area contributed by atoms with Crippen molar-refractivity contribution in [1.29, 1.82) is 0 Å². The Bertz CT molecular complexity index is 869. The van der Waals surface area contributed by atoms with Crippen LogP contribution in [0.1, 0.15) is 25.6 Å². The van der Waals surface area contributed by atoms with Crippen LogP contribution >= 0.6 is 11.6 Å². The van der Waals surface area contributed by atoms with Gasteiger partial charge in [0.1, 0.15) is 11.6 Å². The largest absolute Gasteiger partial charge is 0.353 e. The van der Waals surface area contributed by atoms with E-state index in [9.17, 15) is 0 Å². The highest BCUT2D eigenvalue weighted by Crippen LogP contribution is 2.34. The lowest BCUT2D eigenvalue weighted by molar-refractivity contribution is 0.805. The minimum absolute atomic E-state index is 0.604. The van der Waals surface area contributed by atoms with Crippen molar-refractivity contribution in [2.75, 3.05) is 11.4 Å². The van der Waals surface area contributed by atoms with E-state index in [2.05, 4.69) is 21.9 Å². The van der Waals surface area contributed by atoms with Crippen molar-refractivity contribution in [3.63, 3.8) is 0 Å². The number of aromatic nitrogens is 4. The van der Waals surface area contributed by atoms with E-state index in [4.69, 9.17) is 16.6 Å². The van der Waals surface area contributed by atoms with Crippen LogP contribution in [0.2, 0.25) is 5.02 Å². The van der Waals surface area contributed by atoms with Gasteiger partial charge in [-0.3, -0.25) is 0 Å². The van der Waals surface area contributed by atoms with Crippen molar-refractivity contribution in [3.8, 4) is 5.69 Å². The Labute approximate surface area is 139 Å². The van der Waals surface area contributed by atoms with Gasteiger partial charge in [-0.25, -0.2) is 14.6 Å². The molecule has 1 aliphatic carbocycles. The molecule has 1 aromatic carbocycles. The lowest BCUT2D eigenvalue weighted by Crippen LogP contribution is -2.26. The number of rotatable bonds is 4. The first-order valence-electron chi connectivity index (χ1n) is 7.92. The summed E-state index contributed by atoms with van der Waals surface area (Å²) in [6, 6.07) is 8.25. The van der Waals surface area contributed by atoms with Gasteiger partial charge in [-0.1, -0.05) is 17.7 Å². The molecule has 3 aromatic rings. The summed E-state index contributed by atoms with van der Waals surface area (Å²) in [5, 5.41) is 6.21. The molecule has 0 radical (unpaired) electrons. The summed E-state index contributed by atoms with van der Waals surface area (Å²) in [4.78, 5) is 11.7. The first kappa shape index (κ1) is 14.5. The van der Waals surface area contributed by atoms with Crippen molar-refractivity contribution in [2.45, 2.75) is 32.7 Å². The van der Waals surface area contributed by atoms with Gasteiger partial charge in [-0.2, -0.15) is 5.10 Å². The molecule has 4 rings (SSSR count). The number of fused-ring (bicyclic) bond motifs is 1. The molecular formula is C17H18ClN5. The second kappa shape index (κ2) is 5.49. The molecule has 0 atom stereocenters. The van der Waals surface area contributed by atoms with Crippen molar-refractivity contribution in [2.24, 2.45) is 0 Å². The summed E-state index contributed by atoms with van der Waals surface area (Å²) in [6.45, 7) is 5.04. The van der Waals surface area contributed by atoms with Gasteiger partial charge in [0.2, 0.25) is 0 Å². The third-order valence-electron chi connectivity index (χ3n) is 4.17. The molecule has 1 saturated carbocycles. The zero-order chi connectivity index (χ0) is 16.0. The lowest BCUT2D eigenvalue weighted by Gasteiger charge is -2.22. The average Bonchev–Trinajstić information content (AvgIpc) is 3.27. The van der Waals surface area contributed by atoms with E-state index in [1.54, 1.807) is 0 Å². The maximum atomic E-state index is 6.12. The van der Waals surface area contributed by atoms with Gasteiger partial charge in [0.15, 0.2) is 5.65 Å². The van der Waals surface area contributed by atoms with Gasteiger partial charge in [-0.15, -0.1) is 0 Å². The van der Waals surface area contributed by atoms with E-state index < -0.39 is 0 Å². The number of hydrogen-bond acceptors (Lipinski definition) is 4. The van der Waals surface area contributed by atoms with Gasteiger partial charge in [0.05, 0.1) is 17.3 Å². The standard InChI is InChI=1S/C17H18ClN5/c1-3-22(13-7-8-13)16-15-10-19-23(17(15)21-11(2)20-16)14-6-4-5-12(18)9-14/h4-6,9-10,13H,3,7-8H2,1-2H3. The first-order valence-corrected chi connectivity index (χ1v) is 8.30.